The van der Waals surface area contributed by atoms with Gasteiger partial charge in [-0.2, -0.15) is 0 Å². The second kappa shape index (κ2) is 6.23. The van der Waals surface area contributed by atoms with Gasteiger partial charge in [0, 0.05) is 12.2 Å². The highest BCUT2D eigenvalue weighted by Crippen LogP contribution is 2.18. The van der Waals surface area contributed by atoms with Crippen molar-refractivity contribution in [1.82, 2.24) is 0 Å². The van der Waals surface area contributed by atoms with Crippen LogP contribution in [0.2, 0.25) is 0 Å². The molecule has 1 aromatic rings. The Balaban J connectivity index is 2.97. The molecule has 0 aliphatic carbocycles. The molecule has 0 radical (unpaired) electrons. The van der Waals surface area contributed by atoms with Crippen molar-refractivity contribution in [2.24, 2.45) is 0 Å². The van der Waals surface area contributed by atoms with Gasteiger partial charge in [-0.15, -0.1) is 11.6 Å². The molecule has 1 unspecified atom stereocenters. The highest BCUT2D eigenvalue weighted by Gasteiger charge is 2.14. The summed E-state index contributed by atoms with van der Waals surface area (Å²) < 4.78 is 0. The quantitative estimate of drug-likeness (QED) is 0.578. The van der Waals surface area contributed by atoms with E-state index < -0.39 is 18.0 Å². The smallest absolute Gasteiger partial charge is 0.337 e. The van der Waals surface area contributed by atoms with Crippen molar-refractivity contribution in [1.29, 1.82) is 0 Å². The first-order chi connectivity index (χ1) is 8.45. The highest BCUT2D eigenvalue weighted by atomic mass is 35.5. The van der Waals surface area contributed by atoms with Crippen LogP contribution in [0.15, 0.2) is 18.2 Å². The molecule has 0 saturated heterocycles. The molecule has 0 saturated carbocycles. The molecule has 6 nitrogen and oxygen atoms in total. The predicted molar refractivity (Wildman–Crippen MR) is 65.6 cm³/mol. The lowest BCUT2D eigenvalue weighted by Gasteiger charge is -2.12. The van der Waals surface area contributed by atoms with Crippen molar-refractivity contribution in [3.63, 3.8) is 0 Å². The molecular formula is C11H12ClNO5. The van der Waals surface area contributed by atoms with Gasteiger partial charge in [0.15, 0.2) is 0 Å². The maximum absolute atomic E-state index is 11.0. The van der Waals surface area contributed by atoms with Crippen molar-refractivity contribution >= 4 is 29.2 Å². The second-order valence-corrected chi connectivity index (χ2v) is 3.87. The Bertz CT molecular complexity index is 463. The van der Waals surface area contributed by atoms with E-state index in [4.69, 9.17) is 21.8 Å². The molecule has 0 spiro atoms. The molecule has 0 amide bonds. The number of hydrogen-bond donors (Lipinski definition) is 4. The lowest BCUT2D eigenvalue weighted by Crippen LogP contribution is -2.22. The van der Waals surface area contributed by atoms with Gasteiger partial charge in [0.05, 0.1) is 23.1 Å². The van der Waals surface area contributed by atoms with Crippen LogP contribution in [0, 0.1) is 0 Å². The van der Waals surface area contributed by atoms with Gasteiger partial charge in [-0.1, -0.05) is 0 Å². The number of aliphatic hydroxyl groups is 1. The molecule has 1 rings (SSSR count). The summed E-state index contributed by atoms with van der Waals surface area (Å²) in [6.07, 6.45) is -0.813. The van der Waals surface area contributed by atoms with Crippen LogP contribution in [0.3, 0.4) is 0 Å². The molecule has 1 atom stereocenters. The van der Waals surface area contributed by atoms with Gasteiger partial charge in [-0.05, 0) is 18.2 Å². The largest absolute Gasteiger partial charge is 0.478 e. The minimum Gasteiger partial charge on any atom is -0.478 e. The Morgan fingerprint density at radius 3 is 2.44 bits per heavy atom. The summed E-state index contributed by atoms with van der Waals surface area (Å²) in [6, 6.07) is 3.68. The number of aliphatic hydroxyl groups excluding tert-OH is 1. The maximum Gasteiger partial charge on any atom is 0.337 e. The fraction of sp³-hybridized carbons (Fsp3) is 0.273. The van der Waals surface area contributed by atoms with Crippen molar-refractivity contribution < 1.29 is 24.9 Å². The minimum absolute atomic E-state index is 0.0165. The van der Waals surface area contributed by atoms with Gasteiger partial charge in [0.25, 0.3) is 0 Å². The maximum atomic E-state index is 11.0. The van der Waals surface area contributed by atoms with E-state index in [0.717, 1.165) is 6.07 Å². The number of carbonyl (C=O) groups is 2. The molecule has 7 heteroatoms. The normalized spacial score (nSPS) is 11.9. The number of hydrogen-bond acceptors (Lipinski definition) is 4. The Labute approximate surface area is 108 Å². The van der Waals surface area contributed by atoms with Gasteiger partial charge in [0.1, 0.15) is 0 Å². The predicted octanol–water partition coefficient (Wildman–Crippen LogP) is 1.09. The van der Waals surface area contributed by atoms with E-state index in [0.29, 0.717) is 0 Å². The van der Waals surface area contributed by atoms with E-state index in [9.17, 15) is 14.7 Å². The van der Waals surface area contributed by atoms with Crippen molar-refractivity contribution in [2.45, 2.75) is 6.10 Å². The number of anilines is 1. The number of carboxylic acids is 2. The number of nitrogens with one attached hydrogen (secondary N) is 1. The topological polar surface area (TPSA) is 107 Å². The average Bonchev–Trinajstić information content (AvgIpc) is 2.35. The summed E-state index contributed by atoms with van der Waals surface area (Å²) in [6.45, 7) is 0.0796. The summed E-state index contributed by atoms with van der Waals surface area (Å²) in [5.41, 5.74) is -0.0517. The van der Waals surface area contributed by atoms with Crippen LogP contribution in [0.4, 0.5) is 5.69 Å². The van der Waals surface area contributed by atoms with Crippen molar-refractivity contribution in [2.75, 3.05) is 17.7 Å². The standard InChI is InChI=1S/C11H12ClNO5/c12-4-7(14)5-13-9-2-1-6(10(15)16)3-8(9)11(17)18/h1-3,7,13-14H,4-5H2,(H,15,16)(H,17,18). The van der Waals surface area contributed by atoms with E-state index in [1.807, 2.05) is 0 Å². The Morgan fingerprint density at radius 2 is 1.94 bits per heavy atom. The van der Waals surface area contributed by atoms with Crippen LogP contribution >= 0.6 is 11.6 Å². The number of carboxylic acid groups (broad SMARTS) is 2. The second-order valence-electron chi connectivity index (χ2n) is 3.56. The molecule has 0 aliphatic rings. The molecule has 4 N–H and O–H groups in total. The fourth-order valence-electron chi connectivity index (χ4n) is 1.29. The van der Waals surface area contributed by atoms with Crippen molar-refractivity contribution in [3.05, 3.63) is 29.3 Å². The van der Waals surface area contributed by atoms with E-state index in [1.165, 1.54) is 12.1 Å². The number of benzene rings is 1. The Morgan fingerprint density at radius 1 is 1.28 bits per heavy atom. The first-order valence-electron chi connectivity index (χ1n) is 5.04. The van der Waals surface area contributed by atoms with E-state index >= 15 is 0 Å². The van der Waals surface area contributed by atoms with Crippen LogP contribution in [-0.4, -0.2) is 45.8 Å². The zero-order valence-corrected chi connectivity index (χ0v) is 10.0. The zero-order valence-electron chi connectivity index (χ0n) is 9.26. The molecule has 98 valence electrons. The zero-order chi connectivity index (χ0) is 13.7. The van der Waals surface area contributed by atoms with Gasteiger partial charge < -0.3 is 20.6 Å². The van der Waals surface area contributed by atoms with E-state index in [-0.39, 0.29) is 29.2 Å². The molecule has 1 aromatic carbocycles. The minimum atomic E-state index is -1.25. The Hall–Kier alpha value is -1.79. The molecular weight excluding hydrogens is 262 g/mol. The third-order valence-corrected chi connectivity index (χ3v) is 2.56. The Kier molecular flexibility index (Phi) is 4.94. The van der Waals surface area contributed by atoms with Gasteiger partial charge in [0.2, 0.25) is 0 Å². The van der Waals surface area contributed by atoms with Crippen LogP contribution in [0.25, 0.3) is 0 Å². The first-order valence-corrected chi connectivity index (χ1v) is 5.57. The summed E-state index contributed by atoms with van der Waals surface area (Å²) in [5.74, 6) is -2.44. The third kappa shape index (κ3) is 3.61. The van der Waals surface area contributed by atoms with Crippen LogP contribution in [0.1, 0.15) is 20.7 Å². The molecule has 18 heavy (non-hydrogen) atoms. The van der Waals surface area contributed by atoms with Crippen molar-refractivity contribution in [3.8, 4) is 0 Å². The van der Waals surface area contributed by atoms with Gasteiger partial charge in [-0.3, -0.25) is 0 Å². The number of alkyl halides is 1. The number of halogens is 1. The molecule has 0 aliphatic heterocycles. The first kappa shape index (κ1) is 14.3. The highest BCUT2D eigenvalue weighted by molar-refractivity contribution is 6.18. The number of aromatic carboxylic acids is 2. The summed E-state index contributed by atoms with van der Waals surface area (Å²) >= 11 is 5.40. The van der Waals surface area contributed by atoms with Gasteiger partial charge >= 0.3 is 11.9 Å². The third-order valence-electron chi connectivity index (χ3n) is 2.20. The lowest BCUT2D eigenvalue weighted by atomic mass is 10.1. The SMILES string of the molecule is O=C(O)c1ccc(NCC(O)CCl)c(C(=O)O)c1. The average molecular weight is 274 g/mol. The molecule has 0 heterocycles. The summed E-state index contributed by atoms with van der Waals surface area (Å²) in [4.78, 5) is 21.7. The summed E-state index contributed by atoms with van der Waals surface area (Å²) in [7, 11) is 0. The van der Waals surface area contributed by atoms with Crippen LogP contribution in [-0.2, 0) is 0 Å². The van der Waals surface area contributed by atoms with E-state index in [1.54, 1.807) is 0 Å². The fourth-order valence-corrected chi connectivity index (χ4v) is 1.40. The molecule has 0 fully saturated rings. The summed E-state index contributed by atoms with van der Waals surface area (Å²) in [5, 5.41) is 29.7. The lowest BCUT2D eigenvalue weighted by molar-refractivity contribution is 0.0696. The number of rotatable bonds is 6. The molecule has 0 aromatic heterocycles. The molecule has 0 bridgehead atoms. The van der Waals surface area contributed by atoms with Crippen LogP contribution < -0.4 is 5.32 Å². The van der Waals surface area contributed by atoms with Gasteiger partial charge in [-0.25, -0.2) is 9.59 Å². The van der Waals surface area contributed by atoms with Crippen LogP contribution in [0.5, 0.6) is 0 Å². The monoisotopic (exact) mass is 273 g/mol. The van der Waals surface area contributed by atoms with E-state index in [2.05, 4.69) is 5.32 Å².